The Kier molecular flexibility index (Phi) is 5.44. The molecule has 1 aromatic rings. The molecule has 0 aliphatic carbocycles. The lowest BCUT2D eigenvalue weighted by atomic mass is 10.2. The number of nitrogens with zero attached hydrogens (tertiary/aromatic N) is 1. The van der Waals surface area contributed by atoms with Crippen molar-refractivity contribution in [3.8, 4) is 0 Å². The fourth-order valence-corrected chi connectivity index (χ4v) is 3.37. The molecule has 3 N–H and O–H groups in total. The molecule has 1 rings (SSSR count). The van der Waals surface area contributed by atoms with Gasteiger partial charge in [-0.2, -0.15) is 9.82 Å². The van der Waals surface area contributed by atoms with Gasteiger partial charge in [0.15, 0.2) is 0 Å². The van der Waals surface area contributed by atoms with Crippen LogP contribution in [0.3, 0.4) is 0 Å². The van der Waals surface area contributed by atoms with Crippen molar-refractivity contribution < 1.29 is 27.9 Å². The van der Waals surface area contributed by atoms with Gasteiger partial charge >= 0.3 is 11.9 Å². The Morgan fingerprint density at radius 2 is 2.05 bits per heavy atom. The van der Waals surface area contributed by atoms with Crippen LogP contribution in [0.25, 0.3) is 0 Å². The van der Waals surface area contributed by atoms with Crippen LogP contribution in [0.4, 0.5) is 0 Å². The average Bonchev–Trinajstić information content (AvgIpc) is 2.73. The fourth-order valence-electron chi connectivity index (χ4n) is 1.78. The number of aliphatic carboxylic acids is 1. The summed E-state index contributed by atoms with van der Waals surface area (Å²) in [7, 11) is -2.89. The van der Waals surface area contributed by atoms with Gasteiger partial charge in [0.05, 0.1) is 18.5 Å². The summed E-state index contributed by atoms with van der Waals surface area (Å²) in [4.78, 5) is 22.1. The minimum atomic E-state index is -4.05. The molecule has 1 atom stereocenters. The molecule has 0 fully saturated rings. The van der Waals surface area contributed by atoms with Gasteiger partial charge in [-0.05, 0) is 20.3 Å². The minimum absolute atomic E-state index is 0.0909. The molecule has 0 bridgehead atoms. The van der Waals surface area contributed by atoms with Crippen molar-refractivity contribution in [1.29, 1.82) is 0 Å². The molecular formula is C11H17N3O6S. The summed E-state index contributed by atoms with van der Waals surface area (Å²) in [5.41, 5.74) is 0.536. The molecule has 1 aromatic heterocycles. The van der Waals surface area contributed by atoms with Crippen LogP contribution < -0.4 is 4.72 Å². The largest absolute Gasteiger partial charge is 0.480 e. The maximum Gasteiger partial charge on any atom is 0.321 e. The molecule has 0 saturated heterocycles. The molecule has 1 heterocycles. The smallest absolute Gasteiger partial charge is 0.321 e. The second-order valence-electron chi connectivity index (χ2n) is 4.39. The quantitative estimate of drug-likeness (QED) is 0.587. The molecule has 0 aliphatic heterocycles. The maximum absolute atomic E-state index is 12.2. The standard InChI is InChI=1S/C11H17N3O6S/c1-6-10(7(2)13-12-6)21(18,19)14-8(11(16)17)4-5-9(15)20-3/h8,14H,4-5H2,1-3H3,(H,12,13)(H,16,17)/t8-/m0/s1. The number of hydrogen-bond acceptors (Lipinski definition) is 6. The number of ether oxygens (including phenoxy) is 1. The summed E-state index contributed by atoms with van der Waals surface area (Å²) in [6.45, 7) is 3.00. The van der Waals surface area contributed by atoms with E-state index in [2.05, 4.69) is 19.7 Å². The Morgan fingerprint density at radius 3 is 2.48 bits per heavy atom. The molecule has 118 valence electrons. The lowest BCUT2D eigenvalue weighted by Gasteiger charge is -2.14. The zero-order valence-electron chi connectivity index (χ0n) is 11.8. The van der Waals surface area contributed by atoms with Crippen LogP contribution in [-0.4, -0.2) is 48.8 Å². The third kappa shape index (κ3) is 4.26. The molecular weight excluding hydrogens is 302 g/mol. The number of methoxy groups -OCH3 is 1. The van der Waals surface area contributed by atoms with Gasteiger partial charge in [-0.15, -0.1) is 0 Å². The Hall–Kier alpha value is -1.94. The first kappa shape index (κ1) is 17.1. The summed E-state index contributed by atoms with van der Waals surface area (Å²) in [5.74, 6) is -1.99. The van der Waals surface area contributed by atoms with Crippen molar-refractivity contribution in [3.05, 3.63) is 11.4 Å². The zero-order chi connectivity index (χ0) is 16.2. The second kappa shape index (κ2) is 6.68. The highest BCUT2D eigenvalue weighted by Gasteiger charge is 2.29. The van der Waals surface area contributed by atoms with Gasteiger partial charge in [-0.1, -0.05) is 0 Å². The number of sulfonamides is 1. The van der Waals surface area contributed by atoms with E-state index in [0.29, 0.717) is 5.69 Å². The van der Waals surface area contributed by atoms with E-state index in [1.54, 1.807) is 0 Å². The first-order valence-corrected chi connectivity index (χ1v) is 7.51. The third-order valence-corrected chi connectivity index (χ3v) is 4.52. The van der Waals surface area contributed by atoms with E-state index < -0.39 is 28.0 Å². The van der Waals surface area contributed by atoms with Gasteiger partial charge in [0, 0.05) is 6.42 Å². The number of carboxylic acids is 1. The molecule has 0 unspecified atom stereocenters. The highest BCUT2D eigenvalue weighted by atomic mass is 32.2. The van der Waals surface area contributed by atoms with Crippen LogP contribution >= 0.6 is 0 Å². The maximum atomic E-state index is 12.2. The average molecular weight is 319 g/mol. The zero-order valence-corrected chi connectivity index (χ0v) is 12.7. The molecule has 0 aromatic carbocycles. The van der Waals surface area contributed by atoms with Crippen LogP contribution in [0, 0.1) is 13.8 Å². The summed E-state index contributed by atoms with van der Waals surface area (Å²) in [5, 5.41) is 15.3. The van der Waals surface area contributed by atoms with Gasteiger partial charge in [-0.3, -0.25) is 14.7 Å². The number of carbonyl (C=O) groups is 2. The number of nitrogens with one attached hydrogen (secondary N) is 2. The fraction of sp³-hybridized carbons (Fsp3) is 0.545. The Morgan fingerprint density at radius 1 is 1.43 bits per heavy atom. The lowest BCUT2D eigenvalue weighted by molar-refractivity contribution is -0.142. The first-order chi connectivity index (χ1) is 9.69. The lowest BCUT2D eigenvalue weighted by Crippen LogP contribution is -2.41. The van der Waals surface area contributed by atoms with Crippen molar-refractivity contribution in [2.45, 2.75) is 37.6 Å². The highest BCUT2D eigenvalue weighted by Crippen LogP contribution is 2.17. The Labute approximate surface area is 121 Å². The molecule has 9 nitrogen and oxygen atoms in total. The van der Waals surface area contributed by atoms with Gasteiger partial charge in [0.25, 0.3) is 0 Å². The molecule has 0 spiro atoms. The number of rotatable bonds is 7. The van der Waals surface area contributed by atoms with Crippen molar-refractivity contribution in [2.24, 2.45) is 0 Å². The highest BCUT2D eigenvalue weighted by molar-refractivity contribution is 7.89. The number of aryl methyl sites for hydroxylation is 2. The van der Waals surface area contributed by atoms with E-state index in [4.69, 9.17) is 5.11 Å². The van der Waals surface area contributed by atoms with Gasteiger partial charge in [-0.25, -0.2) is 8.42 Å². The number of esters is 1. The third-order valence-electron chi connectivity index (χ3n) is 2.79. The van der Waals surface area contributed by atoms with Crippen LogP contribution in [0.1, 0.15) is 24.2 Å². The van der Waals surface area contributed by atoms with Crippen LogP contribution in [0.5, 0.6) is 0 Å². The number of H-pyrrole nitrogens is 1. The summed E-state index contributed by atoms with van der Waals surface area (Å²) < 4.78 is 30.9. The molecule has 10 heteroatoms. The van der Waals surface area contributed by atoms with Crippen LogP contribution in [0.2, 0.25) is 0 Å². The van der Waals surface area contributed by atoms with Crippen LogP contribution in [0.15, 0.2) is 4.90 Å². The molecule has 0 radical (unpaired) electrons. The predicted octanol–water partition coefficient (Wildman–Crippen LogP) is -0.289. The monoisotopic (exact) mass is 319 g/mol. The summed E-state index contributed by atoms with van der Waals surface area (Å²) in [6.07, 6.45) is -0.420. The second-order valence-corrected chi connectivity index (χ2v) is 6.04. The van der Waals surface area contributed by atoms with E-state index in [1.807, 2.05) is 0 Å². The molecule has 21 heavy (non-hydrogen) atoms. The number of hydrogen-bond donors (Lipinski definition) is 3. The van der Waals surface area contributed by atoms with Crippen molar-refractivity contribution >= 4 is 22.0 Å². The first-order valence-electron chi connectivity index (χ1n) is 6.02. The SMILES string of the molecule is COC(=O)CC[C@H](NS(=O)(=O)c1c(C)n[nH]c1C)C(=O)O. The van der Waals surface area contributed by atoms with Crippen molar-refractivity contribution in [2.75, 3.05) is 7.11 Å². The Balaban J connectivity index is 2.93. The van der Waals surface area contributed by atoms with E-state index in [1.165, 1.54) is 21.0 Å². The van der Waals surface area contributed by atoms with Crippen LogP contribution in [-0.2, 0) is 24.3 Å². The summed E-state index contributed by atoms with van der Waals surface area (Å²) in [6, 6.07) is -1.43. The van der Waals surface area contributed by atoms with Crippen molar-refractivity contribution in [1.82, 2.24) is 14.9 Å². The van der Waals surface area contributed by atoms with Gasteiger partial charge < -0.3 is 9.84 Å². The molecule has 0 amide bonds. The number of aromatic nitrogens is 2. The van der Waals surface area contributed by atoms with E-state index in [-0.39, 0.29) is 23.4 Å². The van der Waals surface area contributed by atoms with Gasteiger partial charge in [0.2, 0.25) is 10.0 Å². The molecule has 0 aliphatic rings. The molecule has 0 saturated carbocycles. The number of aromatic amines is 1. The topological polar surface area (TPSA) is 138 Å². The van der Waals surface area contributed by atoms with Gasteiger partial charge in [0.1, 0.15) is 10.9 Å². The van der Waals surface area contributed by atoms with E-state index >= 15 is 0 Å². The van der Waals surface area contributed by atoms with E-state index in [0.717, 1.165) is 0 Å². The normalized spacial score (nSPS) is 12.9. The van der Waals surface area contributed by atoms with Crippen molar-refractivity contribution in [3.63, 3.8) is 0 Å². The minimum Gasteiger partial charge on any atom is -0.480 e. The van der Waals surface area contributed by atoms with E-state index in [9.17, 15) is 18.0 Å². The number of carboxylic acid groups (broad SMARTS) is 1. The predicted molar refractivity (Wildman–Crippen MR) is 71.1 cm³/mol. The summed E-state index contributed by atoms with van der Waals surface area (Å²) >= 11 is 0. The Bertz CT molecular complexity index is 617. The number of carbonyl (C=O) groups excluding carboxylic acids is 1.